The standard InChI is InChI=1S/C14H11IN2O4/c15-13-6-5-9(20-13)7-16-17-14(18)12-8-19-10-3-1-2-4-11(10)21-12/h1-7,12H,8H2,(H,17,18)/b16-7-/t12-/m0/s1. The molecule has 0 unspecified atom stereocenters. The van der Waals surface area contributed by atoms with E-state index in [4.69, 9.17) is 13.9 Å². The van der Waals surface area contributed by atoms with E-state index < -0.39 is 6.10 Å². The number of hydrogen-bond donors (Lipinski definition) is 1. The summed E-state index contributed by atoms with van der Waals surface area (Å²) in [6.07, 6.45) is 0.700. The van der Waals surface area contributed by atoms with Gasteiger partial charge in [0.05, 0.1) is 6.21 Å². The summed E-state index contributed by atoms with van der Waals surface area (Å²) in [6, 6.07) is 10.8. The first kappa shape index (κ1) is 13.9. The molecule has 7 heteroatoms. The molecule has 1 amide bonds. The van der Waals surface area contributed by atoms with Gasteiger partial charge in [-0.2, -0.15) is 5.10 Å². The van der Waals surface area contributed by atoms with E-state index in [0.29, 0.717) is 17.3 Å². The van der Waals surface area contributed by atoms with Gasteiger partial charge in [0, 0.05) is 0 Å². The minimum absolute atomic E-state index is 0.150. The molecule has 0 saturated heterocycles. The Morgan fingerprint density at radius 3 is 2.86 bits per heavy atom. The van der Waals surface area contributed by atoms with Crippen molar-refractivity contribution in [2.24, 2.45) is 5.10 Å². The molecule has 1 aromatic heterocycles. The lowest BCUT2D eigenvalue weighted by atomic mass is 10.2. The highest BCUT2D eigenvalue weighted by molar-refractivity contribution is 14.1. The summed E-state index contributed by atoms with van der Waals surface area (Å²) in [5, 5.41) is 3.83. The smallest absolute Gasteiger partial charge is 0.284 e. The molecule has 21 heavy (non-hydrogen) atoms. The lowest BCUT2D eigenvalue weighted by Gasteiger charge is -2.24. The van der Waals surface area contributed by atoms with Gasteiger partial charge in [-0.05, 0) is 46.9 Å². The van der Waals surface area contributed by atoms with Crippen LogP contribution in [-0.4, -0.2) is 24.8 Å². The van der Waals surface area contributed by atoms with E-state index >= 15 is 0 Å². The lowest BCUT2D eigenvalue weighted by Crippen LogP contribution is -2.42. The molecule has 1 atom stereocenters. The van der Waals surface area contributed by atoms with Crippen LogP contribution in [0.15, 0.2) is 45.9 Å². The van der Waals surface area contributed by atoms with Crippen molar-refractivity contribution in [3.63, 3.8) is 0 Å². The molecule has 0 radical (unpaired) electrons. The number of amides is 1. The third-order valence-corrected chi connectivity index (χ3v) is 3.34. The Bertz CT molecular complexity index is 683. The molecule has 6 nitrogen and oxygen atoms in total. The van der Waals surface area contributed by atoms with Crippen LogP contribution in [0.1, 0.15) is 5.76 Å². The molecule has 3 rings (SSSR count). The highest BCUT2D eigenvalue weighted by atomic mass is 127. The number of ether oxygens (including phenoxy) is 2. The number of hydrazone groups is 1. The van der Waals surface area contributed by atoms with Crippen molar-refractivity contribution in [3.05, 3.63) is 45.9 Å². The molecule has 2 aromatic rings. The predicted octanol–water partition coefficient (Wildman–Crippen LogP) is 2.17. The summed E-state index contributed by atoms with van der Waals surface area (Å²) < 4.78 is 17.1. The molecule has 0 fully saturated rings. The van der Waals surface area contributed by atoms with E-state index in [2.05, 4.69) is 10.5 Å². The Hall–Kier alpha value is -2.03. The Labute approximate surface area is 134 Å². The summed E-state index contributed by atoms with van der Waals surface area (Å²) in [7, 11) is 0. The van der Waals surface area contributed by atoms with Crippen LogP contribution in [0.2, 0.25) is 0 Å². The molecule has 2 heterocycles. The fourth-order valence-electron chi connectivity index (χ4n) is 1.78. The number of rotatable bonds is 3. The second-order valence-electron chi connectivity index (χ2n) is 4.24. The molecular weight excluding hydrogens is 387 g/mol. The third-order valence-electron chi connectivity index (χ3n) is 2.76. The van der Waals surface area contributed by atoms with Crippen molar-refractivity contribution in [1.29, 1.82) is 0 Å². The van der Waals surface area contributed by atoms with E-state index in [-0.39, 0.29) is 12.5 Å². The Morgan fingerprint density at radius 2 is 2.10 bits per heavy atom. The summed E-state index contributed by atoms with van der Waals surface area (Å²) in [6.45, 7) is 0.150. The Kier molecular flexibility index (Phi) is 4.09. The SMILES string of the molecule is O=C(N/N=C\c1ccc(I)o1)[C@@H]1COc2ccccc2O1. The number of nitrogens with zero attached hydrogens (tertiary/aromatic N) is 1. The van der Waals surface area contributed by atoms with Crippen LogP contribution in [-0.2, 0) is 4.79 Å². The van der Waals surface area contributed by atoms with E-state index in [1.807, 2.05) is 34.7 Å². The molecule has 1 N–H and O–H groups in total. The summed E-state index contributed by atoms with van der Waals surface area (Å²) in [5.74, 6) is 1.37. The van der Waals surface area contributed by atoms with E-state index in [1.165, 1.54) is 6.21 Å². The largest absolute Gasteiger partial charge is 0.485 e. The fourth-order valence-corrected chi connectivity index (χ4v) is 2.21. The monoisotopic (exact) mass is 398 g/mol. The molecule has 0 aliphatic carbocycles. The number of carbonyl (C=O) groups excluding carboxylic acids is 1. The second kappa shape index (κ2) is 6.17. The number of nitrogens with one attached hydrogen (secondary N) is 1. The molecule has 1 aromatic carbocycles. The molecule has 0 bridgehead atoms. The maximum absolute atomic E-state index is 11.9. The number of halogens is 1. The van der Waals surface area contributed by atoms with Gasteiger partial charge < -0.3 is 13.9 Å². The second-order valence-corrected chi connectivity index (χ2v) is 5.30. The van der Waals surface area contributed by atoms with Crippen LogP contribution in [0.4, 0.5) is 0 Å². The number of hydrogen-bond acceptors (Lipinski definition) is 5. The average molecular weight is 398 g/mol. The lowest BCUT2D eigenvalue weighted by molar-refractivity contribution is -0.130. The zero-order chi connectivity index (χ0) is 14.7. The van der Waals surface area contributed by atoms with Crippen molar-refractivity contribution in [3.8, 4) is 11.5 Å². The van der Waals surface area contributed by atoms with E-state index in [1.54, 1.807) is 24.3 Å². The van der Waals surface area contributed by atoms with Crippen molar-refractivity contribution >= 4 is 34.7 Å². The highest BCUT2D eigenvalue weighted by Crippen LogP contribution is 2.30. The number of benzene rings is 1. The average Bonchev–Trinajstić information content (AvgIpc) is 2.92. The minimum Gasteiger partial charge on any atom is -0.485 e. The van der Waals surface area contributed by atoms with Gasteiger partial charge in [0.15, 0.2) is 15.3 Å². The van der Waals surface area contributed by atoms with Crippen molar-refractivity contribution < 1.29 is 18.7 Å². The predicted molar refractivity (Wildman–Crippen MR) is 83.5 cm³/mol. The van der Waals surface area contributed by atoms with E-state index in [0.717, 1.165) is 3.77 Å². The van der Waals surface area contributed by atoms with Crippen LogP contribution in [0.5, 0.6) is 11.5 Å². The first-order chi connectivity index (χ1) is 10.2. The van der Waals surface area contributed by atoms with Gasteiger partial charge >= 0.3 is 0 Å². The van der Waals surface area contributed by atoms with Crippen LogP contribution < -0.4 is 14.9 Å². The zero-order valence-electron chi connectivity index (χ0n) is 10.8. The normalized spacial score (nSPS) is 16.9. The van der Waals surface area contributed by atoms with Gasteiger partial charge in [0.2, 0.25) is 6.10 Å². The van der Waals surface area contributed by atoms with Crippen LogP contribution in [0.25, 0.3) is 0 Å². The number of furan rings is 1. The summed E-state index contributed by atoms with van der Waals surface area (Å²) in [5.41, 5.74) is 2.40. The zero-order valence-corrected chi connectivity index (χ0v) is 12.9. The van der Waals surface area contributed by atoms with Crippen molar-refractivity contribution in [2.45, 2.75) is 6.10 Å². The van der Waals surface area contributed by atoms with Gasteiger partial charge in [-0.3, -0.25) is 4.79 Å². The molecule has 1 aliphatic rings. The Balaban J connectivity index is 1.58. The van der Waals surface area contributed by atoms with Crippen LogP contribution in [0, 0.1) is 3.77 Å². The molecule has 1 aliphatic heterocycles. The third kappa shape index (κ3) is 3.35. The van der Waals surface area contributed by atoms with Gasteiger partial charge in [-0.1, -0.05) is 12.1 Å². The van der Waals surface area contributed by atoms with Gasteiger partial charge in [-0.15, -0.1) is 0 Å². The molecule has 0 spiro atoms. The van der Waals surface area contributed by atoms with Gasteiger partial charge in [0.25, 0.3) is 5.91 Å². The maximum atomic E-state index is 11.9. The maximum Gasteiger partial charge on any atom is 0.284 e. The first-order valence-electron chi connectivity index (χ1n) is 6.19. The minimum atomic E-state index is -0.728. The number of carbonyl (C=O) groups is 1. The number of para-hydroxylation sites is 2. The van der Waals surface area contributed by atoms with Crippen LogP contribution >= 0.6 is 22.6 Å². The quantitative estimate of drug-likeness (QED) is 0.489. The summed E-state index contributed by atoms with van der Waals surface area (Å²) in [4.78, 5) is 11.9. The van der Waals surface area contributed by atoms with E-state index in [9.17, 15) is 4.79 Å². The van der Waals surface area contributed by atoms with Crippen molar-refractivity contribution in [2.75, 3.05) is 6.61 Å². The molecule has 0 saturated carbocycles. The fraction of sp³-hybridized carbons (Fsp3) is 0.143. The van der Waals surface area contributed by atoms with Crippen molar-refractivity contribution in [1.82, 2.24) is 5.43 Å². The summed E-state index contributed by atoms with van der Waals surface area (Å²) >= 11 is 2.05. The molecule has 108 valence electrons. The molecular formula is C14H11IN2O4. The Morgan fingerprint density at radius 1 is 1.29 bits per heavy atom. The highest BCUT2D eigenvalue weighted by Gasteiger charge is 2.26. The topological polar surface area (TPSA) is 73.1 Å². The number of fused-ring (bicyclic) bond motifs is 1. The van der Waals surface area contributed by atoms with Gasteiger partial charge in [-0.25, -0.2) is 5.43 Å². The first-order valence-corrected chi connectivity index (χ1v) is 7.27. The van der Waals surface area contributed by atoms with Gasteiger partial charge in [0.1, 0.15) is 12.4 Å². The van der Waals surface area contributed by atoms with Crippen LogP contribution in [0.3, 0.4) is 0 Å².